The number of carbonyl (C=O) groups excluding carboxylic acids is 1. The zero-order valence-corrected chi connectivity index (χ0v) is 22.7. The zero-order chi connectivity index (χ0) is 28.4. The Kier molecular flexibility index (Phi) is 7.61. The largest absolute Gasteiger partial charge is 0.492 e. The molecule has 5 rings (SSSR count). The molecule has 1 aliphatic rings. The first kappa shape index (κ1) is 27.0. The van der Waals surface area contributed by atoms with E-state index in [9.17, 15) is 19.7 Å². The van der Waals surface area contributed by atoms with Crippen molar-refractivity contribution in [1.29, 1.82) is 0 Å². The van der Waals surface area contributed by atoms with Gasteiger partial charge in [-0.05, 0) is 51.1 Å². The second-order valence-electron chi connectivity index (χ2n) is 9.79. The molecular formula is C30H31N5O5. The molecule has 1 aliphatic heterocycles. The van der Waals surface area contributed by atoms with Gasteiger partial charge in [-0.3, -0.25) is 29.2 Å². The molecule has 3 aromatic carbocycles. The van der Waals surface area contributed by atoms with Crippen molar-refractivity contribution in [2.75, 3.05) is 32.8 Å². The molecule has 2 heterocycles. The second-order valence-corrected chi connectivity index (χ2v) is 9.79. The highest BCUT2D eigenvalue weighted by atomic mass is 16.6. The Balaban J connectivity index is 1.45. The van der Waals surface area contributed by atoms with Crippen molar-refractivity contribution in [3.05, 3.63) is 104 Å². The van der Waals surface area contributed by atoms with E-state index >= 15 is 0 Å². The van der Waals surface area contributed by atoms with Crippen molar-refractivity contribution in [3.63, 3.8) is 0 Å². The van der Waals surface area contributed by atoms with Crippen molar-refractivity contribution in [1.82, 2.24) is 19.4 Å². The molecule has 1 amide bonds. The molecule has 1 saturated heterocycles. The first-order valence-corrected chi connectivity index (χ1v) is 13.3. The van der Waals surface area contributed by atoms with Gasteiger partial charge in [0, 0.05) is 43.4 Å². The smallest absolute Gasteiger partial charge is 0.273 e. The first-order chi connectivity index (χ1) is 19.3. The van der Waals surface area contributed by atoms with Gasteiger partial charge < -0.3 is 9.64 Å². The number of para-hydroxylation sites is 3. The number of carbonyl (C=O) groups is 1. The standard InChI is InChI=1S/C30H31N5O5/c1-4-40-27-12-8-7-11-25(27)34-28(31-24-10-6-5-9-23(24)30(34)37)21(3)32-15-17-33(18-16-32)29(36)22-14-13-20(2)26(19-22)35(38)39/h5-14,19,21H,4,15-18H2,1-3H3. The van der Waals surface area contributed by atoms with Crippen molar-refractivity contribution in [2.24, 2.45) is 0 Å². The second kappa shape index (κ2) is 11.3. The van der Waals surface area contributed by atoms with Crippen LogP contribution in [0.25, 0.3) is 16.6 Å². The highest BCUT2D eigenvalue weighted by molar-refractivity contribution is 5.95. The van der Waals surface area contributed by atoms with Crippen LogP contribution in [0.15, 0.2) is 71.5 Å². The van der Waals surface area contributed by atoms with Crippen molar-refractivity contribution < 1.29 is 14.5 Å². The van der Waals surface area contributed by atoms with Crippen molar-refractivity contribution >= 4 is 22.5 Å². The highest BCUT2D eigenvalue weighted by Crippen LogP contribution is 2.29. The molecule has 0 aliphatic carbocycles. The maximum Gasteiger partial charge on any atom is 0.273 e. The number of hydrogen-bond donors (Lipinski definition) is 0. The molecule has 1 aromatic heterocycles. The number of nitrogens with zero attached hydrogens (tertiary/aromatic N) is 5. The monoisotopic (exact) mass is 541 g/mol. The molecule has 0 bridgehead atoms. The summed E-state index contributed by atoms with van der Waals surface area (Å²) in [6, 6.07) is 19.1. The third kappa shape index (κ3) is 5.05. The van der Waals surface area contributed by atoms with Crippen LogP contribution in [0.5, 0.6) is 5.75 Å². The fourth-order valence-electron chi connectivity index (χ4n) is 5.18. The number of nitro groups is 1. The number of hydrogen-bond acceptors (Lipinski definition) is 7. The van der Waals surface area contributed by atoms with E-state index in [1.165, 1.54) is 6.07 Å². The van der Waals surface area contributed by atoms with Crippen LogP contribution in [0.3, 0.4) is 0 Å². The summed E-state index contributed by atoms with van der Waals surface area (Å²) in [6.07, 6.45) is 0. The van der Waals surface area contributed by atoms with Gasteiger partial charge in [0.1, 0.15) is 11.6 Å². The van der Waals surface area contributed by atoms with E-state index in [2.05, 4.69) is 4.90 Å². The first-order valence-electron chi connectivity index (χ1n) is 13.3. The third-order valence-electron chi connectivity index (χ3n) is 7.38. The number of aryl methyl sites for hydroxylation is 1. The van der Waals surface area contributed by atoms with E-state index in [4.69, 9.17) is 9.72 Å². The van der Waals surface area contributed by atoms with Gasteiger partial charge in [0.25, 0.3) is 17.2 Å². The van der Waals surface area contributed by atoms with Gasteiger partial charge in [0.05, 0.1) is 34.2 Å². The van der Waals surface area contributed by atoms with E-state index < -0.39 is 4.92 Å². The number of rotatable bonds is 7. The fraction of sp³-hybridized carbons (Fsp3) is 0.300. The minimum atomic E-state index is -0.467. The van der Waals surface area contributed by atoms with E-state index in [-0.39, 0.29) is 23.2 Å². The average Bonchev–Trinajstić information content (AvgIpc) is 2.97. The van der Waals surface area contributed by atoms with Crippen molar-refractivity contribution in [3.8, 4) is 11.4 Å². The van der Waals surface area contributed by atoms with Crippen LogP contribution < -0.4 is 10.3 Å². The Morgan fingerprint density at radius 3 is 2.48 bits per heavy atom. The maximum absolute atomic E-state index is 13.8. The molecule has 10 heteroatoms. The summed E-state index contributed by atoms with van der Waals surface area (Å²) in [4.78, 5) is 46.8. The van der Waals surface area contributed by atoms with Gasteiger partial charge in [-0.1, -0.05) is 30.3 Å². The van der Waals surface area contributed by atoms with Gasteiger partial charge in [0.15, 0.2) is 0 Å². The topological polar surface area (TPSA) is 111 Å². The lowest BCUT2D eigenvalue weighted by Crippen LogP contribution is -2.50. The van der Waals surface area contributed by atoms with Gasteiger partial charge in [0.2, 0.25) is 0 Å². The summed E-state index contributed by atoms with van der Waals surface area (Å²) >= 11 is 0. The Hall–Kier alpha value is -4.57. The summed E-state index contributed by atoms with van der Waals surface area (Å²) in [7, 11) is 0. The van der Waals surface area contributed by atoms with Crippen LogP contribution in [0.2, 0.25) is 0 Å². The molecule has 40 heavy (non-hydrogen) atoms. The summed E-state index contributed by atoms with van der Waals surface area (Å²) in [5.74, 6) is 0.951. The number of nitro benzene ring substituents is 1. The summed E-state index contributed by atoms with van der Waals surface area (Å²) in [6.45, 7) is 8.01. The Labute approximate surface area is 231 Å². The fourth-order valence-corrected chi connectivity index (χ4v) is 5.18. The zero-order valence-electron chi connectivity index (χ0n) is 22.7. The van der Waals surface area contributed by atoms with E-state index in [1.807, 2.05) is 56.3 Å². The molecule has 206 valence electrons. The van der Waals surface area contributed by atoms with Gasteiger partial charge >= 0.3 is 0 Å². The quantitative estimate of drug-likeness (QED) is 0.250. The van der Waals surface area contributed by atoms with Crippen LogP contribution in [-0.2, 0) is 0 Å². The van der Waals surface area contributed by atoms with E-state index in [1.54, 1.807) is 34.6 Å². The van der Waals surface area contributed by atoms with E-state index in [0.717, 1.165) is 0 Å². The summed E-state index contributed by atoms with van der Waals surface area (Å²) in [5, 5.41) is 11.9. The molecule has 0 spiro atoms. The van der Waals surface area contributed by atoms with E-state index in [0.29, 0.717) is 72.1 Å². The third-order valence-corrected chi connectivity index (χ3v) is 7.38. The number of ether oxygens (including phenoxy) is 1. The molecule has 10 nitrogen and oxygen atoms in total. The number of amides is 1. The van der Waals surface area contributed by atoms with Crippen LogP contribution in [0.4, 0.5) is 5.69 Å². The van der Waals surface area contributed by atoms with Crippen LogP contribution in [-0.4, -0.2) is 63.0 Å². The molecular weight excluding hydrogens is 510 g/mol. The van der Waals surface area contributed by atoms with Crippen LogP contribution in [0, 0.1) is 17.0 Å². The minimum absolute atomic E-state index is 0.0641. The molecule has 4 aromatic rings. The lowest BCUT2D eigenvalue weighted by Gasteiger charge is -2.38. The number of fused-ring (bicyclic) bond motifs is 1. The molecule has 0 N–H and O–H groups in total. The average molecular weight is 542 g/mol. The van der Waals surface area contributed by atoms with Crippen molar-refractivity contribution in [2.45, 2.75) is 26.8 Å². The summed E-state index contributed by atoms with van der Waals surface area (Å²) < 4.78 is 7.50. The number of benzene rings is 3. The molecule has 1 unspecified atom stereocenters. The number of aromatic nitrogens is 2. The summed E-state index contributed by atoms with van der Waals surface area (Å²) in [5.41, 5.74) is 1.83. The molecule has 0 saturated carbocycles. The molecule has 1 fully saturated rings. The van der Waals surface area contributed by atoms with Crippen LogP contribution in [0.1, 0.15) is 41.6 Å². The Morgan fingerprint density at radius 1 is 1.05 bits per heavy atom. The van der Waals surface area contributed by atoms with Gasteiger partial charge in [-0.2, -0.15) is 0 Å². The lowest BCUT2D eigenvalue weighted by atomic mass is 10.1. The van der Waals surface area contributed by atoms with Gasteiger partial charge in [-0.15, -0.1) is 0 Å². The lowest BCUT2D eigenvalue weighted by molar-refractivity contribution is -0.385. The number of piperazine rings is 1. The minimum Gasteiger partial charge on any atom is -0.492 e. The highest BCUT2D eigenvalue weighted by Gasteiger charge is 2.29. The van der Waals surface area contributed by atoms with Crippen LogP contribution >= 0.6 is 0 Å². The predicted molar refractivity (Wildman–Crippen MR) is 152 cm³/mol. The Bertz CT molecular complexity index is 1640. The molecule has 1 atom stereocenters. The maximum atomic E-state index is 13.8. The molecule has 0 radical (unpaired) electrons. The SMILES string of the molecule is CCOc1ccccc1-n1c(C(C)N2CCN(C(=O)c3ccc(C)c([N+](=O)[O-])c3)CC2)nc2ccccc2c1=O. The Morgan fingerprint density at radius 2 is 1.75 bits per heavy atom. The normalized spacial score (nSPS) is 14.7. The predicted octanol–water partition coefficient (Wildman–Crippen LogP) is 4.52. The van der Waals surface area contributed by atoms with Gasteiger partial charge in [-0.25, -0.2) is 4.98 Å².